The molecule has 0 saturated heterocycles. The van der Waals surface area contributed by atoms with Gasteiger partial charge < -0.3 is 15.0 Å². The van der Waals surface area contributed by atoms with Gasteiger partial charge in [0.15, 0.2) is 0 Å². The van der Waals surface area contributed by atoms with Gasteiger partial charge in [-0.1, -0.05) is 6.42 Å². The fourth-order valence-corrected chi connectivity index (χ4v) is 4.86. The zero-order chi connectivity index (χ0) is 22.9. The molecule has 0 aromatic heterocycles. The summed E-state index contributed by atoms with van der Waals surface area (Å²) >= 11 is 3.44. The Labute approximate surface area is 192 Å². The van der Waals surface area contributed by atoms with Crippen molar-refractivity contribution in [3.05, 3.63) is 58.1 Å². The van der Waals surface area contributed by atoms with Crippen LogP contribution in [-0.2, 0) is 9.59 Å². The van der Waals surface area contributed by atoms with Crippen molar-refractivity contribution in [2.45, 2.75) is 37.8 Å². The predicted molar refractivity (Wildman–Crippen MR) is 120 cm³/mol. The Hall–Kier alpha value is -2.81. The number of rotatable bonds is 5. The van der Waals surface area contributed by atoms with Crippen molar-refractivity contribution >= 4 is 39.1 Å². The second-order valence-corrected chi connectivity index (χ2v) is 8.80. The first-order valence-electron chi connectivity index (χ1n) is 10.3. The van der Waals surface area contributed by atoms with E-state index in [1.54, 1.807) is 25.3 Å². The number of benzene rings is 2. The highest BCUT2D eigenvalue weighted by molar-refractivity contribution is 9.10. The van der Waals surface area contributed by atoms with Gasteiger partial charge in [-0.2, -0.15) is 0 Å². The Bertz CT molecular complexity index is 1080. The number of methoxy groups -OCH3 is 1. The lowest BCUT2D eigenvalue weighted by Gasteiger charge is -2.38. The zero-order valence-corrected chi connectivity index (χ0v) is 19.0. The molecular formula is C23H22BrF2N3O3. The maximum atomic E-state index is 13.5. The lowest BCUT2D eigenvalue weighted by atomic mass is 9.88. The molecule has 1 aliphatic carbocycles. The fourth-order valence-electron chi connectivity index (χ4n) is 4.32. The van der Waals surface area contributed by atoms with E-state index >= 15 is 0 Å². The molecule has 2 aromatic carbocycles. The molecule has 2 aliphatic rings. The number of nitrogens with zero attached hydrogens (tertiary/aromatic N) is 2. The molecule has 9 heteroatoms. The molecule has 1 spiro atoms. The molecule has 32 heavy (non-hydrogen) atoms. The van der Waals surface area contributed by atoms with Crippen molar-refractivity contribution < 1.29 is 23.1 Å². The van der Waals surface area contributed by atoms with Crippen molar-refractivity contribution in [1.82, 2.24) is 4.90 Å². The van der Waals surface area contributed by atoms with E-state index in [1.165, 1.54) is 4.90 Å². The van der Waals surface area contributed by atoms with Gasteiger partial charge in [0.05, 0.1) is 11.6 Å². The summed E-state index contributed by atoms with van der Waals surface area (Å²) in [6, 6.07) is 8.06. The molecule has 2 aromatic rings. The Morgan fingerprint density at radius 2 is 1.84 bits per heavy atom. The largest absolute Gasteiger partial charge is 0.496 e. The average Bonchev–Trinajstić information content (AvgIpc) is 2.99. The summed E-state index contributed by atoms with van der Waals surface area (Å²) in [5.74, 6) is -1.84. The molecule has 4 rings (SSSR count). The third-order valence-electron chi connectivity index (χ3n) is 5.80. The van der Waals surface area contributed by atoms with Crippen LogP contribution in [0.3, 0.4) is 0 Å². The van der Waals surface area contributed by atoms with E-state index < -0.39 is 23.2 Å². The summed E-state index contributed by atoms with van der Waals surface area (Å²) in [5.41, 5.74) is 0.126. The molecule has 0 atom stereocenters. The number of anilines is 1. The van der Waals surface area contributed by atoms with E-state index in [0.29, 0.717) is 34.3 Å². The third kappa shape index (κ3) is 4.39. The topological polar surface area (TPSA) is 71.0 Å². The second-order valence-electron chi connectivity index (χ2n) is 7.95. The molecule has 0 unspecified atom stereocenters. The molecule has 1 aliphatic heterocycles. The number of carbonyl (C=O) groups is 2. The van der Waals surface area contributed by atoms with Crippen molar-refractivity contribution in [2.75, 3.05) is 19.0 Å². The van der Waals surface area contributed by atoms with Gasteiger partial charge in [0.1, 0.15) is 35.3 Å². The van der Waals surface area contributed by atoms with Gasteiger partial charge >= 0.3 is 0 Å². The minimum atomic E-state index is -0.794. The molecule has 168 valence electrons. The number of hydrogen-bond donors (Lipinski definition) is 1. The second kappa shape index (κ2) is 8.97. The summed E-state index contributed by atoms with van der Waals surface area (Å²) in [6.07, 6.45) is 4.13. The standard InChI is InChI=1S/C23H22BrF2N3O3/c1-32-19-6-5-14(9-18(19)24)21-22(31)29(23(28-21)7-3-2-4-8-23)13-20(30)27-17-11-15(25)10-16(26)12-17/h5-6,9-12H,2-4,7-8,13H2,1H3,(H,27,30). The van der Waals surface area contributed by atoms with Gasteiger partial charge in [-0.25, -0.2) is 8.78 Å². The fraction of sp³-hybridized carbons (Fsp3) is 0.348. The summed E-state index contributed by atoms with van der Waals surface area (Å²) in [6.45, 7) is -0.263. The highest BCUT2D eigenvalue weighted by atomic mass is 79.9. The summed E-state index contributed by atoms with van der Waals surface area (Å²) in [5, 5.41) is 2.48. The number of amides is 2. The Balaban J connectivity index is 1.60. The number of carbonyl (C=O) groups excluding carboxylic acids is 2. The van der Waals surface area contributed by atoms with Gasteiger partial charge in [-0.15, -0.1) is 0 Å². The first-order chi connectivity index (χ1) is 15.3. The van der Waals surface area contributed by atoms with Gasteiger partial charge in [0.2, 0.25) is 5.91 Å². The van der Waals surface area contributed by atoms with Crippen LogP contribution in [0.4, 0.5) is 14.5 Å². The maximum Gasteiger partial charge on any atom is 0.275 e. The normalized spacial score (nSPS) is 17.4. The molecule has 6 nitrogen and oxygen atoms in total. The third-order valence-corrected chi connectivity index (χ3v) is 6.42. The molecule has 0 radical (unpaired) electrons. The van der Waals surface area contributed by atoms with Crippen LogP contribution in [0.25, 0.3) is 0 Å². The van der Waals surface area contributed by atoms with Crippen LogP contribution in [-0.4, -0.2) is 41.7 Å². The first-order valence-corrected chi connectivity index (χ1v) is 11.1. The number of halogens is 3. The van der Waals surface area contributed by atoms with Crippen LogP contribution in [0.5, 0.6) is 5.75 Å². The van der Waals surface area contributed by atoms with Crippen LogP contribution in [0.2, 0.25) is 0 Å². The van der Waals surface area contributed by atoms with Crippen molar-refractivity contribution in [3.8, 4) is 5.75 Å². The molecule has 2 amide bonds. The summed E-state index contributed by atoms with van der Waals surface area (Å²) in [7, 11) is 1.56. The average molecular weight is 506 g/mol. The van der Waals surface area contributed by atoms with Crippen molar-refractivity contribution in [2.24, 2.45) is 4.99 Å². The lowest BCUT2D eigenvalue weighted by molar-refractivity contribution is -0.134. The number of ether oxygens (including phenoxy) is 1. The monoisotopic (exact) mass is 505 g/mol. The molecule has 1 N–H and O–H groups in total. The number of aliphatic imine (C=N–C) groups is 1. The van der Waals surface area contributed by atoms with E-state index in [1.807, 2.05) is 0 Å². The Kier molecular flexibility index (Phi) is 6.28. The van der Waals surface area contributed by atoms with E-state index in [-0.39, 0.29) is 18.1 Å². The van der Waals surface area contributed by atoms with E-state index in [0.717, 1.165) is 37.5 Å². The molecule has 1 saturated carbocycles. The van der Waals surface area contributed by atoms with Crippen LogP contribution in [0.1, 0.15) is 37.7 Å². The zero-order valence-electron chi connectivity index (χ0n) is 17.5. The van der Waals surface area contributed by atoms with Crippen LogP contribution in [0.15, 0.2) is 45.9 Å². The molecule has 1 fully saturated rings. The molecule has 0 bridgehead atoms. The summed E-state index contributed by atoms with van der Waals surface area (Å²) < 4.78 is 32.9. The maximum absolute atomic E-state index is 13.5. The highest BCUT2D eigenvalue weighted by Crippen LogP contribution is 2.40. The van der Waals surface area contributed by atoms with E-state index in [4.69, 9.17) is 9.73 Å². The number of hydrogen-bond acceptors (Lipinski definition) is 4. The summed E-state index contributed by atoms with van der Waals surface area (Å²) in [4.78, 5) is 32.4. The van der Waals surface area contributed by atoms with E-state index in [2.05, 4.69) is 21.2 Å². The van der Waals surface area contributed by atoms with Crippen LogP contribution < -0.4 is 10.1 Å². The lowest BCUT2D eigenvalue weighted by Crippen LogP contribution is -2.51. The Morgan fingerprint density at radius 3 is 2.47 bits per heavy atom. The van der Waals surface area contributed by atoms with E-state index in [9.17, 15) is 18.4 Å². The minimum Gasteiger partial charge on any atom is -0.496 e. The van der Waals surface area contributed by atoms with Crippen molar-refractivity contribution in [3.63, 3.8) is 0 Å². The van der Waals surface area contributed by atoms with Gasteiger partial charge in [0, 0.05) is 17.3 Å². The predicted octanol–water partition coefficient (Wildman–Crippen LogP) is 4.67. The van der Waals surface area contributed by atoms with Crippen molar-refractivity contribution in [1.29, 1.82) is 0 Å². The molecular weight excluding hydrogens is 484 g/mol. The van der Waals surface area contributed by atoms with Crippen LogP contribution >= 0.6 is 15.9 Å². The first kappa shape index (κ1) is 22.4. The van der Waals surface area contributed by atoms with Crippen LogP contribution in [0, 0.1) is 11.6 Å². The smallest absolute Gasteiger partial charge is 0.275 e. The Morgan fingerprint density at radius 1 is 1.16 bits per heavy atom. The SMILES string of the molecule is COc1ccc(C2=NC3(CCCCC3)N(CC(=O)Nc3cc(F)cc(F)c3)C2=O)cc1Br. The van der Waals surface area contributed by atoms with Gasteiger partial charge in [-0.3, -0.25) is 14.6 Å². The minimum absolute atomic E-state index is 0.00272. The molecule has 1 heterocycles. The quantitative estimate of drug-likeness (QED) is 0.641. The van der Waals surface area contributed by atoms with Gasteiger partial charge in [-0.05, 0) is 71.9 Å². The number of nitrogens with one attached hydrogen (secondary N) is 1. The highest BCUT2D eigenvalue weighted by Gasteiger charge is 2.48. The van der Waals surface area contributed by atoms with Gasteiger partial charge in [0.25, 0.3) is 5.91 Å².